The summed E-state index contributed by atoms with van der Waals surface area (Å²) in [5.41, 5.74) is 2.93. The molecule has 0 heterocycles. The summed E-state index contributed by atoms with van der Waals surface area (Å²) < 4.78 is 26.9. The fourth-order valence-electron chi connectivity index (χ4n) is 3.28. The van der Waals surface area contributed by atoms with Crippen LogP contribution in [0, 0.1) is 0 Å². The quantitative estimate of drug-likeness (QED) is 0.725. The Kier molecular flexibility index (Phi) is 5.26. The molecule has 2 aromatic rings. The molecule has 0 fully saturated rings. The second kappa shape index (κ2) is 7.61. The molecule has 0 aromatic heterocycles. The van der Waals surface area contributed by atoms with Gasteiger partial charge in [-0.3, -0.25) is 4.79 Å². The van der Waals surface area contributed by atoms with Crippen LogP contribution in [0.1, 0.15) is 21.5 Å². The van der Waals surface area contributed by atoms with E-state index in [2.05, 4.69) is 0 Å². The lowest BCUT2D eigenvalue weighted by Gasteiger charge is -2.14. The van der Waals surface area contributed by atoms with E-state index in [4.69, 9.17) is 23.7 Å². The minimum absolute atomic E-state index is 0.0391. The van der Waals surface area contributed by atoms with E-state index in [9.17, 15) is 4.79 Å². The molecule has 142 valence electrons. The summed E-state index contributed by atoms with van der Waals surface area (Å²) in [6.45, 7) is 0. The van der Waals surface area contributed by atoms with E-state index in [1.54, 1.807) is 47.7 Å². The molecule has 0 saturated heterocycles. The van der Waals surface area contributed by atoms with Crippen molar-refractivity contribution in [1.29, 1.82) is 0 Å². The Morgan fingerprint density at radius 3 is 2.00 bits per heavy atom. The molecule has 2 aromatic carbocycles. The zero-order valence-corrected chi connectivity index (χ0v) is 16.0. The highest BCUT2D eigenvalue weighted by atomic mass is 16.5. The average Bonchev–Trinajstić information content (AvgIpc) is 3.00. The largest absolute Gasteiger partial charge is 0.493 e. The van der Waals surface area contributed by atoms with Gasteiger partial charge in [0.25, 0.3) is 0 Å². The lowest BCUT2D eigenvalue weighted by molar-refractivity contribution is 0.104. The van der Waals surface area contributed by atoms with Crippen LogP contribution >= 0.6 is 0 Å². The summed E-state index contributed by atoms with van der Waals surface area (Å²) in [5, 5.41) is 0. The van der Waals surface area contributed by atoms with Crippen molar-refractivity contribution in [3.8, 4) is 28.7 Å². The van der Waals surface area contributed by atoms with Crippen LogP contribution in [-0.2, 0) is 6.42 Å². The topological polar surface area (TPSA) is 63.2 Å². The smallest absolute Gasteiger partial charge is 0.203 e. The van der Waals surface area contributed by atoms with E-state index in [-0.39, 0.29) is 5.78 Å². The summed E-state index contributed by atoms with van der Waals surface area (Å²) in [4.78, 5) is 12.9. The zero-order chi connectivity index (χ0) is 19.6. The molecule has 0 spiro atoms. The molecule has 0 amide bonds. The average molecular weight is 370 g/mol. The maximum Gasteiger partial charge on any atom is 0.203 e. The first kappa shape index (κ1) is 18.6. The minimum atomic E-state index is -0.0391. The van der Waals surface area contributed by atoms with Gasteiger partial charge >= 0.3 is 0 Å². The third kappa shape index (κ3) is 3.18. The summed E-state index contributed by atoms with van der Waals surface area (Å²) in [5.74, 6) is 2.67. The Hall–Kier alpha value is -3.15. The Bertz CT molecular complexity index is 913. The highest BCUT2D eigenvalue weighted by Gasteiger charge is 2.28. The molecule has 1 aliphatic rings. The number of ketones is 1. The van der Waals surface area contributed by atoms with Crippen molar-refractivity contribution in [2.24, 2.45) is 0 Å². The van der Waals surface area contributed by atoms with Crippen LogP contribution in [-0.4, -0.2) is 41.3 Å². The van der Waals surface area contributed by atoms with Crippen LogP contribution in [0.4, 0.5) is 0 Å². The molecule has 0 N–H and O–H groups in total. The number of carbonyl (C=O) groups excluding carboxylic acids is 1. The highest BCUT2D eigenvalue weighted by Crippen LogP contribution is 2.42. The monoisotopic (exact) mass is 370 g/mol. The minimum Gasteiger partial charge on any atom is -0.493 e. The number of methoxy groups -OCH3 is 5. The van der Waals surface area contributed by atoms with E-state index in [0.29, 0.717) is 46.3 Å². The van der Waals surface area contributed by atoms with Crippen LogP contribution in [0.5, 0.6) is 28.7 Å². The molecular weight excluding hydrogens is 348 g/mol. The molecule has 27 heavy (non-hydrogen) atoms. The van der Waals surface area contributed by atoms with Crippen LogP contribution < -0.4 is 23.7 Å². The number of hydrogen-bond acceptors (Lipinski definition) is 6. The van der Waals surface area contributed by atoms with E-state index in [1.165, 1.54) is 0 Å². The number of hydrogen-bond donors (Lipinski definition) is 0. The number of rotatable bonds is 6. The Morgan fingerprint density at radius 2 is 1.41 bits per heavy atom. The molecule has 0 saturated carbocycles. The summed E-state index contributed by atoms with van der Waals surface area (Å²) in [6.07, 6.45) is 2.33. The first-order valence-corrected chi connectivity index (χ1v) is 8.37. The third-order valence-corrected chi connectivity index (χ3v) is 4.59. The van der Waals surface area contributed by atoms with Crippen LogP contribution in [0.25, 0.3) is 6.08 Å². The van der Waals surface area contributed by atoms with Crippen molar-refractivity contribution < 1.29 is 28.5 Å². The molecule has 6 heteroatoms. The second-order valence-corrected chi connectivity index (χ2v) is 5.96. The molecule has 0 unspecified atom stereocenters. The van der Waals surface area contributed by atoms with Gasteiger partial charge in [-0.15, -0.1) is 0 Å². The predicted octanol–water partition coefficient (Wildman–Crippen LogP) is 3.55. The van der Waals surface area contributed by atoms with Crippen LogP contribution in [0.15, 0.2) is 29.8 Å². The fourth-order valence-corrected chi connectivity index (χ4v) is 3.28. The van der Waals surface area contributed by atoms with Crippen molar-refractivity contribution in [3.05, 3.63) is 46.5 Å². The summed E-state index contributed by atoms with van der Waals surface area (Å²) in [6, 6.07) is 7.19. The highest BCUT2D eigenvalue weighted by molar-refractivity contribution is 6.16. The van der Waals surface area contributed by atoms with E-state index in [1.807, 2.05) is 18.2 Å². The predicted molar refractivity (Wildman–Crippen MR) is 102 cm³/mol. The van der Waals surface area contributed by atoms with Gasteiger partial charge in [-0.1, -0.05) is 0 Å². The van der Waals surface area contributed by atoms with Gasteiger partial charge in [-0.25, -0.2) is 0 Å². The summed E-state index contributed by atoms with van der Waals surface area (Å²) in [7, 11) is 7.79. The van der Waals surface area contributed by atoms with Gasteiger partial charge < -0.3 is 23.7 Å². The normalized spacial score (nSPS) is 14.1. The molecule has 0 bridgehead atoms. The maximum absolute atomic E-state index is 12.9. The first-order valence-electron chi connectivity index (χ1n) is 8.37. The Morgan fingerprint density at radius 1 is 0.778 bits per heavy atom. The molecule has 6 nitrogen and oxygen atoms in total. The van der Waals surface area contributed by atoms with E-state index < -0.39 is 0 Å². The van der Waals surface area contributed by atoms with E-state index in [0.717, 1.165) is 11.1 Å². The fraction of sp³-hybridized carbons (Fsp3) is 0.286. The zero-order valence-electron chi connectivity index (χ0n) is 16.0. The van der Waals surface area contributed by atoms with Crippen molar-refractivity contribution in [2.45, 2.75) is 6.42 Å². The van der Waals surface area contributed by atoms with Gasteiger partial charge in [0.15, 0.2) is 28.8 Å². The third-order valence-electron chi connectivity index (χ3n) is 4.59. The second-order valence-electron chi connectivity index (χ2n) is 5.96. The SMILES string of the molecule is COc1cc2c(cc1OC)C(=O)/C(=C\c1ccc(OC)c(OC)c1OC)C2. The molecule has 0 aliphatic heterocycles. The van der Waals surface area contributed by atoms with Crippen molar-refractivity contribution in [3.63, 3.8) is 0 Å². The lowest BCUT2D eigenvalue weighted by atomic mass is 10.1. The van der Waals surface area contributed by atoms with Gasteiger partial charge in [0, 0.05) is 23.1 Å². The first-order chi connectivity index (χ1) is 13.1. The van der Waals surface area contributed by atoms with Gasteiger partial charge in [0.1, 0.15) is 0 Å². The molecule has 0 radical (unpaired) electrons. The van der Waals surface area contributed by atoms with Gasteiger partial charge in [0.2, 0.25) is 5.75 Å². The van der Waals surface area contributed by atoms with E-state index >= 15 is 0 Å². The number of carbonyl (C=O) groups is 1. The van der Waals surface area contributed by atoms with Crippen molar-refractivity contribution >= 4 is 11.9 Å². The van der Waals surface area contributed by atoms with Crippen LogP contribution in [0.2, 0.25) is 0 Å². The van der Waals surface area contributed by atoms with Gasteiger partial charge in [0.05, 0.1) is 35.5 Å². The number of ether oxygens (including phenoxy) is 5. The molecule has 0 atom stereocenters. The number of benzene rings is 2. The molecular formula is C21H22O6. The number of fused-ring (bicyclic) bond motifs is 1. The summed E-state index contributed by atoms with van der Waals surface area (Å²) >= 11 is 0. The maximum atomic E-state index is 12.9. The number of allylic oxidation sites excluding steroid dienone is 1. The Balaban J connectivity index is 2.05. The van der Waals surface area contributed by atoms with Crippen LogP contribution in [0.3, 0.4) is 0 Å². The molecule has 3 rings (SSSR count). The standard InChI is InChI=1S/C21H22O6/c1-23-16-7-6-12(20(26-4)21(16)27-5)8-14-9-13-10-17(24-2)18(25-3)11-15(13)19(14)22/h6-8,10-11H,9H2,1-5H3/b14-8-. The van der Waals surface area contributed by atoms with Gasteiger partial charge in [-0.05, 0) is 35.9 Å². The molecule has 1 aliphatic carbocycles. The Labute approximate surface area is 158 Å². The van der Waals surface area contributed by atoms with Crippen molar-refractivity contribution in [1.82, 2.24) is 0 Å². The van der Waals surface area contributed by atoms with Gasteiger partial charge in [-0.2, -0.15) is 0 Å². The number of Topliss-reactive ketones (excluding diaryl/α,β-unsaturated/α-hetero) is 1. The van der Waals surface area contributed by atoms with Crippen molar-refractivity contribution in [2.75, 3.05) is 35.5 Å². The lowest BCUT2D eigenvalue weighted by Crippen LogP contribution is -1.99.